The van der Waals surface area contributed by atoms with Gasteiger partial charge in [-0.25, -0.2) is 0 Å². The zero-order valence-corrected chi connectivity index (χ0v) is 10.1. The van der Waals surface area contributed by atoms with Gasteiger partial charge in [-0.1, -0.05) is 26.7 Å². The van der Waals surface area contributed by atoms with Gasteiger partial charge >= 0.3 is 0 Å². The second kappa shape index (κ2) is 5.72. The first kappa shape index (κ1) is 12.0. The monoisotopic (exact) mass is 198 g/mol. The lowest BCUT2D eigenvalue weighted by Gasteiger charge is -2.24. The molecule has 14 heavy (non-hydrogen) atoms. The van der Waals surface area contributed by atoms with Crippen molar-refractivity contribution in [3.63, 3.8) is 0 Å². The number of rotatable bonds is 6. The predicted octanol–water partition coefficient (Wildman–Crippen LogP) is 2.11. The number of nitrogens with one attached hydrogen (secondary N) is 1. The third kappa shape index (κ3) is 3.58. The molecule has 1 heterocycles. The molecule has 1 aliphatic heterocycles. The van der Waals surface area contributed by atoms with Crippen molar-refractivity contribution in [2.75, 3.05) is 33.2 Å². The van der Waals surface area contributed by atoms with Gasteiger partial charge in [-0.15, -0.1) is 0 Å². The molecule has 0 amide bonds. The minimum Gasteiger partial charge on any atom is -0.319 e. The third-order valence-corrected chi connectivity index (χ3v) is 3.32. The normalized spacial score (nSPS) is 28.5. The van der Waals surface area contributed by atoms with E-state index in [9.17, 15) is 0 Å². The highest BCUT2D eigenvalue weighted by Crippen LogP contribution is 2.28. The lowest BCUT2D eigenvalue weighted by atomic mass is 9.90. The highest BCUT2D eigenvalue weighted by molar-refractivity contribution is 4.87. The molecule has 0 radical (unpaired) electrons. The SMILES string of the molecule is CCCCCN1CCC(C)(CNC)C1. The zero-order valence-electron chi connectivity index (χ0n) is 10.1. The smallest absolute Gasteiger partial charge is 0.00480 e. The fourth-order valence-corrected chi connectivity index (χ4v) is 2.47. The first-order valence-corrected chi connectivity index (χ1v) is 6.07. The Labute approximate surface area is 89.1 Å². The summed E-state index contributed by atoms with van der Waals surface area (Å²) in [5.41, 5.74) is 0.529. The molecule has 2 nitrogen and oxygen atoms in total. The molecule has 1 aliphatic rings. The third-order valence-electron chi connectivity index (χ3n) is 3.32. The van der Waals surface area contributed by atoms with Crippen molar-refractivity contribution >= 4 is 0 Å². The minimum atomic E-state index is 0.529. The summed E-state index contributed by atoms with van der Waals surface area (Å²) in [5.74, 6) is 0. The van der Waals surface area contributed by atoms with Crippen LogP contribution in [-0.4, -0.2) is 38.1 Å². The number of likely N-dealkylation sites (tertiary alicyclic amines) is 1. The highest BCUT2D eigenvalue weighted by Gasteiger charge is 2.32. The lowest BCUT2D eigenvalue weighted by Crippen LogP contribution is -2.33. The Morgan fingerprint density at radius 3 is 2.79 bits per heavy atom. The van der Waals surface area contributed by atoms with E-state index in [2.05, 4.69) is 31.1 Å². The molecule has 1 saturated heterocycles. The number of hydrogen-bond donors (Lipinski definition) is 1. The topological polar surface area (TPSA) is 15.3 Å². The zero-order chi connectivity index (χ0) is 10.4. The van der Waals surface area contributed by atoms with Crippen LogP contribution in [0.1, 0.15) is 39.5 Å². The Morgan fingerprint density at radius 2 is 2.14 bits per heavy atom. The maximum Gasteiger partial charge on any atom is 0.00480 e. The van der Waals surface area contributed by atoms with E-state index in [1.807, 2.05) is 0 Å². The van der Waals surface area contributed by atoms with Crippen LogP contribution in [-0.2, 0) is 0 Å². The number of nitrogens with zero attached hydrogens (tertiary/aromatic N) is 1. The molecular formula is C12H26N2. The number of unbranched alkanes of at least 4 members (excludes halogenated alkanes) is 2. The fourth-order valence-electron chi connectivity index (χ4n) is 2.47. The Hall–Kier alpha value is -0.0800. The van der Waals surface area contributed by atoms with Crippen molar-refractivity contribution < 1.29 is 0 Å². The van der Waals surface area contributed by atoms with Crippen molar-refractivity contribution in [1.82, 2.24) is 10.2 Å². The molecule has 0 aromatic rings. The average Bonchev–Trinajstić information content (AvgIpc) is 2.49. The molecule has 0 saturated carbocycles. The summed E-state index contributed by atoms with van der Waals surface area (Å²) in [6.07, 6.45) is 5.47. The maximum atomic E-state index is 3.31. The van der Waals surface area contributed by atoms with Gasteiger partial charge in [0.1, 0.15) is 0 Å². The summed E-state index contributed by atoms with van der Waals surface area (Å²) in [4.78, 5) is 2.63. The van der Waals surface area contributed by atoms with Crippen LogP contribution in [0.5, 0.6) is 0 Å². The van der Waals surface area contributed by atoms with Gasteiger partial charge in [0, 0.05) is 13.1 Å². The standard InChI is InChI=1S/C12H26N2/c1-4-5-6-8-14-9-7-12(2,11-14)10-13-3/h13H,4-11H2,1-3H3. The maximum absolute atomic E-state index is 3.31. The minimum absolute atomic E-state index is 0.529. The Kier molecular flexibility index (Phi) is 4.90. The van der Waals surface area contributed by atoms with Crippen LogP contribution >= 0.6 is 0 Å². The highest BCUT2D eigenvalue weighted by atomic mass is 15.2. The van der Waals surface area contributed by atoms with Gasteiger partial charge in [-0.3, -0.25) is 0 Å². The van der Waals surface area contributed by atoms with Crippen molar-refractivity contribution in [1.29, 1.82) is 0 Å². The van der Waals surface area contributed by atoms with Crippen LogP contribution in [0.25, 0.3) is 0 Å². The van der Waals surface area contributed by atoms with E-state index in [0.29, 0.717) is 5.41 Å². The van der Waals surface area contributed by atoms with Crippen LogP contribution in [0.15, 0.2) is 0 Å². The number of hydrogen-bond acceptors (Lipinski definition) is 2. The van der Waals surface area contributed by atoms with Crippen molar-refractivity contribution in [2.45, 2.75) is 39.5 Å². The quantitative estimate of drug-likeness (QED) is 0.658. The summed E-state index contributed by atoms with van der Waals surface area (Å²) in [7, 11) is 2.06. The fraction of sp³-hybridized carbons (Fsp3) is 1.00. The molecule has 0 spiro atoms. The van der Waals surface area contributed by atoms with Crippen LogP contribution in [0.2, 0.25) is 0 Å². The predicted molar refractivity (Wildman–Crippen MR) is 62.6 cm³/mol. The molecule has 0 aliphatic carbocycles. The van der Waals surface area contributed by atoms with E-state index in [-0.39, 0.29) is 0 Å². The summed E-state index contributed by atoms with van der Waals surface area (Å²) >= 11 is 0. The van der Waals surface area contributed by atoms with Crippen molar-refractivity contribution in [3.05, 3.63) is 0 Å². The van der Waals surface area contributed by atoms with Gasteiger partial charge in [0.05, 0.1) is 0 Å². The van der Waals surface area contributed by atoms with Gasteiger partial charge in [-0.05, 0) is 38.4 Å². The molecule has 84 valence electrons. The molecular weight excluding hydrogens is 172 g/mol. The van der Waals surface area contributed by atoms with E-state index < -0.39 is 0 Å². The second-order valence-electron chi connectivity index (χ2n) is 5.07. The van der Waals surface area contributed by atoms with Gasteiger partial charge in [-0.2, -0.15) is 0 Å². The molecule has 1 rings (SSSR count). The molecule has 1 atom stereocenters. The van der Waals surface area contributed by atoms with E-state index in [4.69, 9.17) is 0 Å². The van der Waals surface area contributed by atoms with Gasteiger partial charge in [0.25, 0.3) is 0 Å². The molecule has 1 unspecified atom stereocenters. The molecule has 0 bridgehead atoms. The van der Waals surface area contributed by atoms with E-state index in [0.717, 1.165) is 6.54 Å². The van der Waals surface area contributed by atoms with E-state index in [1.54, 1.807) is 0 Å². The van der Waals surface area contributed by atoms with Crippen molar-refractivity contribution in [2.24, 2.45) is 5.41 Å². The lowest BCUT2D eigenvalue weighted by molar-refractivity contribution is 0.267. The first-order chi connectivity index (χ1) is 6.70. The summed E-state index contributed by atoms with van der Waals surface area (Å²) in [6, 6.07) is 0. The Balaban J connectivity index is 2.19. The van der Waals surface area contributed by atoms with Crippen LogP contribution in [0.4, 0.5) is 0 Å². The molecule has 0 aromatic carbocycles. The Morgan fingerprint density at radius 1 is 1.36 bits per heavy atom. The van der Waals surface area contributed by atoms with Crippen LogP contribution < -0.4 is 5.32 Å². The van der Waals surface area contributed by atoms with Gasteiger partial charge < -0.3 is 10.2 Å². The van der Waals surface area contributed by atoms with E-state index in [1.165, 1.54) is 45.3 Å². The van der Waals surface area contributed by atoms with Crippen molar-refractivity contribution in [3.8, 4) is 0 Å². The average molecular weight is 198 g/mol. The molecule has 0 aromatic heterocycles. The summed E-state index contributed by atoms with van der Waals surface area (Å²) in [5, 5.41) is 3.31. The first-order valence-electron chi connectivity index (χ1n) is 6.07. The molecule has 1 fully saturated rings. The molecule has 1 N–H and O–H groups in total. The van der Waals surface area contributed by atoms with E-state index >= 15 is 0 Å². The van der Waals surface area contributed by atoms with Gasteiger partial charge in [0.2, 0.25) is 0 Å². The largest absolute Gasteiger partial charge is 0.319 e. The summed E-state index contributed by atoms with van der Waals surface area (Å²) < 4.78 is 0. The van der Waals surface area contributed by atoms with Crippen LogP contribution in [0.3, 0.4) is 0 Å². The van der Waals surface area contributed by atoms with Crippen LogP contribution in [0, 0.1) is 5.41 Å². The summed E-state index contributed by atoms with van der Waals surface area (Å²) in [6.45, 7) is 9.75. The molecule has 2 heteroatoms. The Bertz CT molecular complexity index is 158. The second-order valence-corrected chi connectivity index (χ2v) is 5.07. The van der Waals surface area contributed by atoms with Gasteiger partial charge in [0.15, 0.2) is 0 Å².